The van der Waals surface area contributed by atoms with E-state index in [4.69, 9.17) is 4.74 Å². The first-order valence-electron chi connectivity index (χ1n) is 8.09. The quantitative estimate of drug-likeness (QED) is 0.926. The Kier molecular flexibility index (Phi) is 4.93. The molecule has 2 aliphatic heterocycles. The lowest BCUT2D eigenvalue weighted by molar-refractivity contribution is -0.131. The zero-order chi connectivity index (χ0) is 15.4. The van der Waals surface area contributed by atoms with Crippen LogP contribution in [0.4, 0.5) is 4.39 Å². The standard InChI is InChI=1S/C17H23FN2O2/c18-15-1-3-16(4-2-15)22-10-7-17(21)20-8-5-13-11-19-12-14(13)6-9-20/h1-4,13-14,19H,5-12H2/t13-,14+. The van der Waals surface area contributed by atoms with Gasteiger partial charge in [-0.2, -0.15) is 0 Å². The number of carbonyl (C=O) groups is 1. The third-order valence-electron chi connectivity index (χ3n) is 4.77. The Hall–Kier alpha value is -1.62. The van der Waals surface area contributed by atoms with Crippen LogP contribution in [0.15, 0.2) is 24.3 Å². The van der Waals surface area contributed by atoms with Crippen molar-refractivity contribution in [2.45, 2.75) is 19.3 Å². The van der Waals surface area contributed by atoms with E-state index in [0.29, 0.717) is 18.8 Å². The summed E-state index contributed by atoms with van der Waals surface area (Å²) in [7, 11) is 0. The zero-order valence-electron chi connectivity index (χ0n) is 12.8. The topological polar surface area (TPSA) is 41.6 Å². The number of fused-ring (bicyclic) bond motifs is 1. The lowest BCUT2D eigenvalue weighted by Gasteiger charge is -2.21. The lowest BCUT2D eigenvalue weighted by atomic mass is 9.92. The van der Waals surface area contributed by atoms with E-state index in [2.05, 4.69) is 5.32 Å². The van der Waals surface area contributed by atoms with Crippen molar-refractivity contribution in [3.63, 3.8) is 0 Å². The SMILES string of the molecule is O=C(CCOc1ccc(F)cc1)N1CC[C@@H]2CNC[C@@H]2CC1. The Morgan fingerprint density at radius 3 is 2.45 bits per heavy atom. The Labute approximate surface area is 130 Å². The van der Waals surface area contributed by atoms with Gasteiger partial charge in [-0.1, -0.05) is 0 Å². The summed E-state index contributed by atoms with van der Waals surface area (Å²) in [6.07, 6.45) is 2.58. The van der Waals surface area contributed by atoms with E-state index < -0.39 is 0 Å². The van der Waals surface area contributed by atoms with Crippen molar-refractivity contribution in [2.24, 2.45) is 11.8 Å². The van der Waals surface area contributed by atoms with Crippen LogP contribution in [-0.2, 0) is 4.79 Å². The number of nitrogens with zero attached hydrogens (tertiary/aromatic N) is 1. The second kappa shape index (κ2) is 7.09. The number of hydrogen-bond donors (Lipinski definition) is 1. The molecule has 2 saturated heterocycles. The molecule has 0 bridgehead atoms. The van der Waals surface area contributed by atoms with Crippen LogP contribution in [0.3, 0.4) is 0 Å². The molecular weight excluding hydrogens is 283 g/mol. The smallest absolute Gasteiger partial charge is 0.225 e. The first-order valence-corrected chi connectivity index (χ1v) is 8.09. The normalized spacial score (nSPS) is 24.7. The van der Waals surface area contributed by atoms with Gasteiger partial charge in [0.05, 0.1) is 13.0 Å². The second-order valence-electron chi connectivity index (χ2n) is 6.19. The van der Waals surface area contributed by atoms with E-state index in [1.165, 1.54) is 12.1 Å². The molecule has 1 aromatic carbocycles. The van der Waals surface area contributed by atoms with Gasteiger partial charge in [-0.3, -0.25) is 4.79 Å². The minimum absolute atomic E-state index is 0.162. The third kappa shape index (κ3) is 3.77. The number of halogens is 1. The van der Waals surface area contributed by atoms with Crippen molar-refractivity contribution >= 4 is 5.91 Å². The number of ether oxygens (including phenoxy) is 1. The second-order valence-corrected chi connectivity index (χ2v) is 6.19. The van der Waals surface area contributed by atoms with Gasteiger partial charge < -0.3 is 15.0 Å². The number of rotatable bonds is 4. The molecule has 4 nitrogen and oxygen atoms in total. The number of carbonyl (C=O) groups excluding carboxylic acids is 1. The van der Waals surface area contributed by atoms with E-state index in [1.807, 2.05) is 4.90 Å². The highest BCUT2D eigenvalue weighted by molar-refractivity contribution is 5.76. The van der Waals surface area contributed by atoms with Crippen LogP contribution in [0, 0.1) is 17.7 Å². The van der Waals surface area contributed by atoms with Crippen molar-refractivity contribution < 1.29 is 13.9 Å². The number of hydrogen-bond acceptors (Lipinski definition) is 3. The molecule has 0 aliphatic carbocycles. The molecule has 3 rings (SSSR count). The van der Waals surface area contributed by atoms with Crippen molar-refractivity contribution in [3.8, 4) is 5.75 Å². The highest BCUT2D eigenvalue weighted by Crippen LogP contribution is 2.27. The first kappa shape index (κ1) is 15.3. The summed E-state index contributed by atoms with van der Waals surface area (Å²) in [6, 6.07) is 5.89. The van der Waals surface area contributed by atoms with Gasteiger partial charge in [0.15, 0.2) is 0 Å². The van der Waals surface area contributed by atoms with E-state index in [-0.39, 0.29) is 11.7 Å². The van der Waals surface area contributed by atoms with E-state index in [0.717, 1.165) is 50.9 Å². The fraction of sp³-hybridized carbons (Fsp3) is 0.588. The monoisotopic (exact) mass is 306 g/mol. The molecule has 0 radical (unpaired) electrons. The van der Waals surface area contributed by atoms with Gasteiger partial charge in [0.1, 0.15) is 11.6 Å². The number of benzene rings is 1. The summed E-state index contributed by atoms with van der Waals surface area (Å²) in [5.74, 6) is 1.94. The number of nitrogens with one attached hydrogen (secondary N) is 1. The highest BCUT2D eigenvalue weighted by Gasteiger charge is 2.31. The number of likely N-dealkylation sites (tertiary alicyclic amines) is 1. The molecular formula is C17H23FN2O2. The summed E-state index contributed by atoms with van der Waals surface area (Å²) in [5.41, 5.74) is 0. The van der Waals surface area contributed by atoms with Gasteiger partial charge in [-0.15, -0.1) is 0 Å². The Morgan fingerprint density at radius 2 is 1.82 bits per heavy atom. The summed E-state index contributed by atoms with van der Waals surface area (Å²) >= 11 is 0. The van der Waals surface area contributed by atoms with Crippen molar-refractivity contribution in [3.05, 3.63) is 30.1 Å². The largest absolute Gasteiger partial charge is 0.493 e. The minimum Gasteiger partial charge on any atom is -0.493 e. The van der Waals surface area contributed by atoms with E-state index in [1.54, 1.807) is 12.1 Å². The molecule has 120 valence electrons. The van der Waals surface area contributed by atoms with Crippen LogP contribution in [-0.4, -0.2) is 43.6 Å². The lowest BCUT2D eigenvalue weighted by Crippen LogP contribution is -2.33. The maximum absolute atomic E-state index is 12.8. The Morgan fingerprint density at radius 1 is 1.18 bits per heavy atom. The van der Waals surface area contributed by atoms with Gasteiger partial charge in [0.2, 0.25) is 5.91 Å². The molecule has 0 aromatic heterocycles. The molecule has 2 heterocycles. The Balaban J connectivity index is 1.42. The summed E-state index contributed by atoms with van der Waals surface area (Å²) in [6.45, 7) is 4.26. The van der Waals surface area contributed by atoms with Crippen LogP contribution in [0.25, 0.3) is 0 Å². The van der Waals surface area contributed by atoms with Crippen molar-refractivity contribution in [1.82, 2.24) is 10.2 Å². The zero-order valence-corrected chi connectivity index (χ0v) is 12.8. The molecule has 1 N–H and O–H groups in total. The minimum atomic E-state index is -0.284. The van der Waals surface area contributed by atoms with Crippen LogP contribution in [0.5, 0.6) is 5.75 Å². The van der Waals surface area contributed by atoms with E-state index in [9.17, 15) is 9.18 Å². The van der Waals surface area contributed by atoms with Gasteiger partial charge in [-0.05, 0) is 62.0 Å². The van der Waals surface area contributed by atoms with Gasteiger partial charge >= 0.3 is 0 Å². The van der Waals surface area contributed by atoms with Crippen LogP contribution >= 0.6 is 0 Å². The van der Waals surface area contributed by atoms with Crippen LogP contribution in [0.2, 0.25) is 0 Å². The maximum Gasteiger partial charge on any atom is 0.225 e. The molecule has 2 atom stereocenters. The van der Waals surface area contributed by atoms with Gasteiger partial charge in [0, 0.05) is 13.1 Å². The molecule has 0 saturated carbocycles. The first-order chi connectivity index (χ1) is 10.7. The molecule has 2 aliphatic rings. The molecule has 5 heteroatoms. The summed E-state index contributed by atoms with van der Waals surface area (Å²) in [5, 5.41) is 3.44. The van der Waals surface area contributed by atoms with Gasteiger partial charge in [0.25, 0.3) is 0 Å². The van der Waals surface area contributed by atoms with Crippen LogP contribution < -0.4 is 10.1 Å². The molecule has 1 amide bonds. The van der Waals surface area contributed by atoms with Gasteiger partial charge in [-0.25, -0.2) is 4.39 Å². The molecule has 22 heavy (non-hydrogen) atoms. The molecule has 0 unspecified atom stereocenters. The molecule has 2 fully saturated rings. The fourth-order valence-electron chi connectivity index (χ4n) is 3.41. The van der Waals surface area contributed by atoms with E-state index >= 15 is 0 Å². The average Bonchev–Trinajstić information content (AvgIpc) is 2.87. The average molecular weight is 306 g/mol. The van der Waals surface area contributed by atoms with Crippen molar-refractivity contribution in [2.75, 3.05) is 32.8 Å². The highest BCUT2D eigenvalue weighted by atomic mass is 19.1. The predicted molar refractivity (Wildman–Crippen MR) is 82.2 cm³/mol. The predicted octanol–water partition coefficient (Wildman–Crippen LogP) is 2.05. The fourth-order valence-corrected chi connectivity index (χ4v) is 3.41. The maximum atomic E-state index is 12.8. The summed E-state index contributed by atoms with van der Waals surface area (Å²) in [4.78, 5) is 14.3. The Bertz CT molecular complexity index is 492. The molecule has 1 aromatic rings. The third-order valence-corrected chi connectivity index (χ3v) is 4.77. The molecule has 0 spiro atoms. The summed E-state index contributed by atoms with van der Waals surface area (Å²) < 4.78 is 18.3. The number of amides is 1. The van der Waals surface area contributed by atoms with Crippen molar-refractivity contribution in [1.29, 1.82) is 0 Å². The van der Waals surface area contributed by atoms with Crippen LogP contribution in [0.1, 0.15) is 19.3 Å².